The lowest BCUT2D eigenvalue weighted by atomic mass is 10.2. The summed E-state index contributed by atoms with van der Waals surface area (Å²) in [5.41, 5.74) is 4.39. The fourth-order valence-electron chi connectivity index (χ4n) is 0.955. The summed E-state index contributed by atoms with van der Waals surface area (Å²) in [6.07, 6.45) is 0. The van der Waals surface area contributed by atoms with Gasteiger partial charge in [-0.3, -0.25) is 0 Å². The number of nitrogens with two attached hydrogens (primary N) is 1. The van der Waals surface area contributed by atoms with E-state index in [2.05, 4.69) is 17.5 Å². The average molecular weight is 220 g/mol. The van der Waals surface area contributed by atoms with E-state index in [1.165, 1.54) is 0 Å². The van der Waals surface area contributed by atoms with Gasteiger partial charge in [-0.1, -0.05) is 0 Å². The maximum atomic E-state index is 13.2. The molecule has 0 fully saturated rings. The molecule has 0 unspecified atom stereocenters. The van der Waals surface area contributed by atoms with Crippen molar-refractivity contribution in [1.82, 2.24) is 0 Å². The van der Waals surface area contributed by atoms with Crippen molar-refractivity contribution in [2.24, 2.45) is 5.73 Å². The zero-order valence-electron chi connectivity index (χ0n) is 7.20. The van der Waals surface area contributed by atoms with Crippen molar-refractivity contribution in [2.75, 3.05) is 5.32 Å². The Balaban J connectivity index is 3.25. The zero-order chi connectivity index (χ0) is 10.9. The van der Waals surface area contributed by atoms with Crippen molar-refractivity contribution in [3.05, 3.63) is 29.1 Å². The molecule has 1 aromatic carbocycles. The molecule has 0 aliphatic rings. The van der Waals surface area contributed by atoms with Gasteiger partial charge in [-0.05, 0) is 19.1 Å². The average Bonchev–Trinajstić information content (AvgIpc) is 2.10. The molecule has 0 saturated heterocycles. The van der Waals surface area contributed by atoms with Crippen LogP contribution in [-0.2, 0) is 0 Å². The second-order valence-corrected chi connectivity index (χ2v) is 3.09. The van der Waals surface area contributed by atoms with Gasteiger partial charge in [0.1, 0.15) is 0 Å². The number of hydrogen-bond donors (Lipinski definition) is 2. The van der Waals surface area contributed by atoms with Crippen LogP contribution in [0.2, 0.25) is 0 Å². The Hall–Kier alpha value is -1.30. The van der Waals surface area contributed by atoms with Gasteiger partial charge in [0.05, 0.1) is 5.69 Å². The summed E-state index contributed by atoms with van der Waals surface area (Å²) in [7, 11) is 0. The first-order chi connectivity index (χ1) is 6.43. The molecule has 0 radical (unpaired) electrons. The van der Waals surface area contributed by atoms with Gasteiger partial charge >= 0.3 is 0 Å². The minimum Gasteiger partial charge on any atom is -0.376 e. The molecule has 0 aliphatic heterocycles. The molecule has 0 heterocycles. The molecule has 1 aromatic rings. The summed E-state index contributed by atoms with van der Waals surface area (Å²) in [4.78, 5) is 0. The molecule has 0 atom stereocenters. The predicted octanol–water partition coefficient (Wildman–Crippen LogP) is 2.07. The van der Waals surface area contributed by atoms with Gasteiger partial charge in [-0.15, -0.1) is 0 Å². The molecular weight excluding hydrogens is 213 g/mol. The Morgan fingerprint density at radius 3 is 2.43 bits per heavy atom. The number of nitrogens with one attached hydrogen (secondary N) is 1. The summed E-state index contributed by atoms with van der Waals surface area (Å²) in [5.74, 6) is -3.27. The molecule has 0 aliphatic carbocycles. The highest BCUT2D eigenvalue weighted by Gasteiger charge is 2.15. The van der Waals surface area contributed by atoms with Crippen LogP contribution >= 0.6 is 12.2 Å². The third kappa shape index (κ3) is 1.95. The van der Waals surface area contributed by atoms with E-state index in [-0.39, 0.29) is 10.8 Å². The van der Waals surface area contributed by atoms with Crippen LogP contribution in [0, 0.1) is 24.4 Å². The highest BCUT2D eigenvalue weighted by molar-refractivity contribution is 7.80. The Bertz CT molecular complexity index is 393. The summed E-state index contributed by atoms with van der Waals surface area (Å²) < 4.78 is 38.8. The first-order valence-electron chi connectivity index (χ1n) is 3.64. The van der Waals surface area contributed by atoms with Gasteiger partial charge in [0.15, 0.2) is 22.6 Å². The molecule has 3 N–H and O–H groups in total. The van der Waals surface area contributed by atoms with Gasteiger partial charge < -0.3 is 11.1 Å². The van der Waals surface area contributed by atoms with Gasteiger partial charge in [0, 0.05) is 11.6 Å². The minimum absolute atomic E-state index is 0.214. The van der Waals surface area contributed by atoms with E-state index in [9.17, 15) is 13.2 Å². The molecule has 0 aromatic heterocycles. The Kier molecular flexibility index (Phi) is 2.95. The number of hydrogen-bond acceptors (Lipinski definition) is 1. The number of rotatable bonds is 1. The minimum atomic E-state index is -1.21. The highest BCUT2D eigenvalue weighted by atomic mass is 32.1. The quantitative estimate of drug-likeness (QED) is 0.562. The van der Waals surface area contributed by atoms with Crippen LogP contribution in [0.1, 0.15) is 5.56 Å². The van der Waals surface area contributed by atoms with Gasteiger partial charge in [-0.2, -0.15) is 0 Å². The van der Waals surface area contributed by atoms with E-state index < -0.39 is 23.0 Å². The SMILES string of the molecule is Cc1c(F)c(F)cc(NC(N)=S)c1F. The Morgan fingerprint density at radius 1 is 1.36 bits per heavy atom. The van der Waals surface area contributed by atoms with Crippen molar-refractivity contribution in [1.29, 1.82) is 0 Å². The molecule has 0 spiro atoms. The van der Waals surface area contributed by atoms with E-state index in [1.54, 1.807) is 0 Å². The lowest BCUT2D eigenvalue weighted by Gasteiger charge is -2.08. The topological polar surface area (TPSA) is 38.0 Å². The van der Waals surface area contributed by atoms with Crippen LogP contribution in [0.4, 0.5) is 18.9 Å². The lowest BCUT2D eigenvalue weighted by Crippen LogP contribution is -2.20. The van der Waals surface area contributed by atoms with Crippen LogP contribution in [0.3, 0.4) is 0 Å². The Labute approximate surface area is 83.9 Å². The normalized spacial score (nSPS) is 10.0. The molecule has 76 valence electrons. The molecular formula is C8H7F3N2S. The summed E-state index contributed by atoms with van der Waals surface area (Å²) >= 11 is 4.44. The molecule has 0 saturated carbocycles. The zero-order valence-corrected chi connectivity index (χ0v) is 8.01. The van der Waals surface area contributed by atoms with Crippen LogP contribution in [0.15, 0.2) is 6.07 Å². The van der Waals surface area contributed by atoms with Crippen molar-refractivity contribution in [2.45, 2.75) is 6.92 Å². The molecule has 2 nitrogen and oxygen atoms in total. The Morgan fingerprint density at radius 2 is 1.93 bits per heavy atom. The first kappa shape index (κ1) is 10.8. The van der Waals surface area contributed by atoms with Crippen LogP contribution in [0.5, 0.6) is 0 Å². The standard InChI is InChI=1S/C8H7F3N2S/c1-3-6(10)4(9)2-5(7(3)11)13-8(12)14/h2H,1H3,(H3,12,13,14). The molecule has 1 rings (SSSR count). The van der Waals surface area contributed by atoms with Crippen LogP contribution < -0.4 is 11.1 Å². The summed E-state index contributed by atoms with van der Waals surface area (Å²) in [6, 6.07) is 0.664. The van der Waals surface area contributed by atoms with E-state index >= 15 is 0 Å². The number of anilines is 1. The maximum absolute atomic E-state index is 13.2. The molecule has 14 heavy (non-hydrogen) atoms. The third-order valence-electron chi connectivity index (χ3n) is 1.63. The van der Waals surface area contributed by atoms with Crippen molar-refractivity contribution in [3.63, 3.8) is 0 Å². The third-order valence-corrected chi connectivity index (χ3v) is 1.74. The number of thiocarbonyl (C=S) groups is 1. The van der Waals surface area contributed by atoms with Crippen molar-refractivity contribution >= 4 is 23.0 Å². The fraction of sp³-hybridized carbons (Fsp3) is 0.125. The maximum Gasteiger partial charge on any atom is 0.168 e. The van der Waals surface area contributed by atoms with E-state index in [4.69, 9.17) is 5.73 Å². The second-order valence-electron chi connectivity index (χ2n) is 2.65. The number of benzene rings is 1. The van der Waals surface area contributed by atoms with Crippen LogP contribution in [0.25, 0.3) is 0 Å². The number of halogens is 3. The summed E-state index contributed by atoms with van der Waals surface area (Å²) in [6.45, 7) is 1.12. The molecule has 0 amide bonds. The van der Waals surface area contributed by atoms with E-state index in [0.29, 0.717) is 6.07 Å². The molecule has 6 heteroatoms. The van der Waals surface area contributed by atoms with Crippen LogP contribution in [-0.4, -0.2) is 5.11 Å². The van der Waals surface area contributed by atoms with Gasteiger partial charge in [-0.25, -0.2) is 13.2 Å². The van der Waals surface area contributed by atoms with Crippen molar-refractivity contribution < 1.29 is 13.2 Å². The van der Waals surface area contributed by atoms with Gasteiger partial charge in [0.2, 0.25) is 0 Å². The lowest BCUT2D eigenvalue weighted by molar-refractivity contribution is 0.488. The van der Waals surface area contributed by atoms with E-state index in [0.717, 1.165) is 6.92 Å². The second kappa shape index (κ2) is 3.83. The smallest absolute Gasteiger partial charge is 0.168 e. The van der Waals surface area contributed by atoms with Gasteiger partial charge in [0.25, 0.3) is 0 Å². The fourth-order valence-corrected chi connectivity index (χ4v) is 1.06. The highest BCUT2D eigenvalue weighted by Crippen LogP contribution is 2.22. The predicted molar refractivity (Wildman–Crippen MR) is 51.5 cm³/mol. The largest absolute Gasteiger partial charge is 0.376 e. The first-order valence-corrected chi connectivity index (χ1v) is 4.05. The van der Waals surface area contributed by atoms with E-state index in [1.807, 2.05) is 0 Å². The van der Waals surface area contributed by atoms with Crippen molar-refractivity contribution in [3.8, 4) is 0 Å². The summed E-state index contributed by atoms with van der Waals surface area (Å²) in [5, 5.41) is 2.00. The molecule has 0 bridgehead atoms. The monoisotopic (exact) mass is 220 g/mol.